The summed E-state index contributed by atoms with van der Waals surface area (Å²) in [7, 11) is 0. The van der Waals surface area contributed by atoms with Crippen LogP contribution < -0.4 is 21.8 Å². The lowest BCUT2D eigenvalue weighted by Gasteiger charge is -2.09. The van der Waals surface area contributed by atoms with Crippen molar-refractivity contribution in [3.8, 4) is 22.9 Å². The smallest absolute Gasteiger partial charge is 0.397 e. The van der Waals surface area contributed by atoms with Gasteiger partial charge in [0.05, 0.1) is 5.69 Å². The van der Waals surface area contributed by atoms with E-state index in [1.807, 2.05) is 49.4 Å². The highest BCUT2D eigenvalue weighted by molar-refractivity contribution is 7.21. The lowest BCUT2D eigenvalue weighted by molar-refractivity contribution is -0.672. The second-order valence-electron chi connectivity index (χ2n) is 7.58. The number of rotatable bonds is 4. The molecule has 0 radical (unpaired) electrons. The molecule has 3 heterocycles. The third-order valence-electron chi connectivity index (χ3n) is 5.44. The van der Waals surface area contributed by atoms with Crippen molar-refractivity contribution in [1.29, 1.82) is 5.26 Å². The Balaban J connectivity index is 1.75. The molecule has 9 nitrogen and oxygen atoms in total. The van der Waals surface area contributed by atoms with E-state index in [9.17, 15) is 14.9 Å². The lowest BCUT2D eigenvalue weighted by atomic mass is 9.97. The van der Waals surface area contributed by atoms with Gasteiger partial charge in [-0.05, 0) is 22.4 Å². The SMILES string of the molecule is Cc1ccc(-[n+]2[nH]oc(=O)c2C(=O)c2sc3nc(N)c(C#N)c(-c4ccccc4)c3c2N)cc1. The highest BCUT2D eigenvalue weighted by atomic mass is 32.1. The maximum atomic E-state index is 13.6. The van der Waals surface area contributed by atoms with E-state index in [2.05, 4.69) is 16.3 Å². The van der Waals surface area contributed by atoms with Gasteiger partial charge in [-0.2, -0.15) is 5.26 Å². The van der Waals surface area contributed by atoms with Crippen LogP contribution in [0, 0.1) is 18.3 Å². The van der Waals surface area contributed by atoms with Crippen molar-refractivity contribution in [2.45, 2.75) is 6.92 Å². The van der Waals surface area contributed by atoms with Crippen LogP contribution in [0.5, 0.6) is 0 Å². The first kappa shape index (κ1) is 21.1. The molecule has 0 unspecified atom stereocenters. The first-order chi connectivity index (χ1) is 16.4. The van der Waals surface area contributed by atoms with Crippen LogP contribution in [0.25, 0.3) is 27.0 Å². The maximum absolute atomic E-state index is 13.6. The topological polar surface area (TPSA) is 156 Å². The van der Waals surface area contributed by atoms with Crippen molar-refractivity contribution < 1.29 is 14.0 Å². The van der Waals surface area contributed by atoms with E-state index >= 15 is 0 Å². The van der Waals surface area contributed by atoms with E-state index in [4.69, 9.17) is 16.0 Å². The van der Waals surface area contributed by atoms with Gasteiger partial charge >= 0.3 is 11.3 Å². The number of carbonyl (C=O) groups excluding carboxylic acids is 1. The second-order valence-corrected chi connectivity index (χ2v) is 8.58. The predicted octanol–water partition coefficient (Wildman–Crippen LogP) is 3.10. The fourth-order valence-corrected chi connectivity index (χ4v) is 4.85. The minimum Gasteiger partial charge on any atom is -0.397 e. The maximum Gasteiger partial charge on any atom is 0.439 e. The molecule has 0 saturated carbocycles. The average molecular weight is 470 g/mol. The number of pyridine rings is 1. The van der Waals surface area contributed by atoms with Gasteiger partial charge in [-0.25, -0.2) is 9.78 Å². The Morgan fingerprint density at radius 2 is 1.85 bits per heavy atom. The molecule has 0 spiro atoms. The van der Waals surface area contributed by atoms with Crippen LogP contribution in [-0.2, 0) is 0 Å². The molecule has 0 amide bonds. The highest BCUT2D eigenvalue weighted by Gasteiger charge is 2.35. The molecule has 5 aromatic rings. The number of benzene rings is 2. The van der Waals surface area contributed by atoms with E-state index < -0.39 is 11.4 Å². The fraction of sp³-hybridized carbons (Fsp3) is 0.0417. The highest BCUT2D eigenvalue weighted by Crippen LogP contribution is 2.42. The Labute approximate surface area is 196 Å². The number of H-pyrrole nitrogens is 1. The number of anilines is 2. The summed E-state index contributed by atoms with van der Waals surface area (Å²) < 4.78 is 6.20. The number of aromatic amines is 1. The van der Waals surface area contributed by atoms with Gasteiger partial charge < -0.3 is 11.5 Å². The van der Waals surface area contributed by atoms with Gasteiger partial charge in [0.1, 0.15) is 27.2 Å². The van der Waals surface area contributed by atoms with E-state index in [1.165, 1.54) is 4.68 Å². The molecule has 0 atom stereocenters. The van der Waals surface area contributed by atoms with Crippen molar-refractivity contribution >= 4 is 38.8 Å². The number of nitrogen functional groups attached to an aromatic ring is 2. The number of carbonyl (C=O) groups is 1. The zero-order valence-corrected chi connectivity index (χ0v) is 18.6. The molecule has 10 heteroatoms. The van der Waals surface area contributed by atoms with Gasteiger partial charge in [0, 0.05) is 23.1 Å². The molecule has 0 aliphatic heterocycles. The number of nitrogens with one attached hydrogen (secondary N) is 1. The monoisotopic (exact) mass is 469 g/mol. The largest absolute Gasteiger partial charge is 0.439 e. The molecule has 166 valence electrons. The quantitative estimate of drug-likeness (QED) is 0.270. The number of hydrogen-bond donors (Lipinski definition) is 3. The number of thiophene rings is 1. The summed E-state index contributed by atoms with van der Waals surface area (Å²) in [6.45, 7) is 1.93. The molecule has 0 aliphatic carbocycles. The molecule has 0 saturated heterocycles. The molecular formula is C24H17N6O3S+. The first-order valence-corrected chi connectivity index (χ1v) is 10.9. The standard InChI is InChI=1S/C24H16N6O3S/c1-12-7-9-14(10-8-12)30-19(24(32)33-29-30)20(31)21-18(26)17-16(13-5-3-2-4-6-13)15(11-25)22(27)28-23(17)34-21/h2-10H,1H3,(H4-,26,27,28,29,31,32)/p+1. The van der Waals surface area contributed by atoms with Crippen LogP contribution in [0.15, 0.2) is 63.9 Å². The van der Waals surface area contributed by atoms with Gasteiger partial charge in [-0.1, -0.05) is 48.0 Å². The zero-order valence-electron chi connectivity index (χ0n) is 17.8. The summed E-state index contributed by atoms with van der Waals surface area (Å²) in [5.41, 5.74) is 14.5. The van der Waals surface area contributed by atoms with Crippen molar-refractivity contribution in [2.75, 3.05) is 11.5 Å². The second kappa shape index (κ2) is 7.99. The summed E-state index contributed by atoms with van der Waals surface area (Å²) in [6.07, 6.45) is 0. The Morgan fingerprint density at radius 3 is 2.53 bits per heavy atom. The van der Waals surface area contributed by atoms with Gasteiger partial charge in [0.15, 0.2) is 0 Å². The van der Waals surface area contributed by atoms with E-state index in [0.29, 0.717) is 27.0 Å². The number of ketones is 1. The van der Waals surface area contributed by atoms with Gasteiger partial charge in [0.25, 0.3) is 5.78 Å². The average Bonchev–Trinajstić information content (AvgIpc) is 3.38. The number of hydrogen-bond acceptors (Lipinski definition) is 8. The van der Waals surface area contributed by atoms with Gasteiger partial charge in [-0.15, -0.1) is 11.3 Å². The van der Waals surface area contributed by atoms with Crippen LogP contribution in [0.2, 0.25) is 0 Å². The van der Waals surface area contributed by atoms with Crippen LogP contribution >= 0.6 is 11.3 Å². The minimum absolute atomic E-state index is 0.0324. The summed E-state index contributed by atoms with van der Waals surface area (Å²) >= 11 is 1.00. The van der Waals surface area contributed by atoms with Crippen LogP contribution in [0.1, 0.15) is 26.5 Å². The van der Waals surface area contributed by atoms with Crippen LogP contribution in [-0.4, -0.2) is 16.0 Å². The Hall–Kier alpha value is -4.75. The van der Waals surface area contributed by atoms with Crippen molar-refractivity contribution in [2.24, 2.45) is 0 Å². The predicted molar refractivity (Wildman–Crippen MR) is 128 cm³/mol. The minimum atomic E-state index is -0.837. The third kappa shape index (κ3) is 3.23. The molecule has 0 fully saturated rings. The van der Waals surface area contributed by atoms with E-state index in [-0.39, 0.29) is 27.6 Å². The normalized spacial score (nSPS) is 10.9. The molecule has 5 N–H and O–H groups in total. The summed E-state index contributed by atoms with van der Waals surface area (Å²) in [6, 6.07) is 18.4. The number of nitrogens with two attached hydrogens (primary N) is 2. The Morgan fingerprint density at radius 1 is 1.15 bits per heavy atom. The van der Waals surface area contributed by atoms with Crippen LogP contribution in [0.4, 0.5) is 11.5 Å². The summed E-state index contributed by atoms with van der Waals surface area (Å²) in [5, 5.41) is 12.7. The third-order valence-corrected chi connectivity index (χ3v) is 6.54. The van der Waals surface area contributed by atoms with Crippen molar-refractivity contribution in [1.82, 2.24) is 10.3 Å². The Kier molecular flexibility index (Phi) is 4.96. The number of nitrogens with zero attached hydrogens (tertiary/aromatic N) is 3. The van der Waals surface area contributed by atoms with E-state index in [0.717, 1.165) is 16.9 Å². The fourth-order valence-electron chi connectivity index (χ4n) is 3.80. The molecule has 0 bridgehead atoms. The molecule has 5 rings (SSSR count). The van der Waals surface area contributed by atoms with Crippen LogP contribution in [0.3, 0.4) is 0 Å². The number of aryl methyl sites for hydroxylation is 1. The molecule has 3 aromatic heterocycles. The molecule has 2 aromatic carbocycles. The lowest BCUT2D eigenvalue weighted by Crippen LogP contribution is -2.41. The number of aromatic nitrogens is 3. The van der Waals surface area contributed by atoms with Gasteiger partial charge in [-0.3, -0.25) is 9.32 Å². The number of nitriles is 1. The zero-order chi connectivity index (χ0) is 24.0. The number of fused-ring (bicyclic) bond motifs is 1. The molecular weight excluding hydrogens is 452 g/mol. The van der Waals surface area contributed by atoms with E-state index in [1.54, 1.807) is 12.1 Å². The van der Waals surface area contributed by atoms with Crippen molar-refractivity contribution in [3.05, 3.63) is 86.7 Å². The summed E-state index contributed by atoms with van der Waals surface area (Å²) in [4.78, 5) is 30.9. The Bertz CT molecular complexity index is 1670. The molecule has 0 aliphatic rings. The van der Waals surface area contributed by atoms with Crippen molar-refractivity contribution in [3.63, 3.8) is 0 Å². The van der Waals surface area contributed by atoms with Gasteiger partial charge in [0.2, 0.25) is 5.69 Å². The molecule has 34 heavy (non-hydrogen) atoms. The summed E-state index contributed by atoms with van der Waals surface area (Å²) in [5.74, 6) is -0.600. The first-order valence-electron chi connectivity index (χ1n) is 10.1.